The number of aryl methyl sites for hydroxylation is 1. The molecule has 2 N–H and O–H groups in total. The van der Waals surface area contributed by atoms with Crippen LogP contribution in [0.15, 0.2) is 36.5 Å². The maximum Gasteiger partial charge on any atom is 0.317 e. The number of nitrogens with zero attached hydrogens (tertiary/aromatic N) is 3. The zero-order chi connectivity index (χ0) is 19.9. The van der Waals surface area contributed by atoms with Gasteiger partial charge in [-0.05, 0) is 31.7 Å². The molecule has 2 aromatic rings. The molecule has 0 aliphatic carbocycles. The van der Waals surface area contributed by atoms with Crippen molar-refractivity contribution in [2.75, 3.05) is 19.6 Å². The van der Waals surface area contributed by atoms with Crippen molar-refractivity contribution in [3.63, 3.8) is 0 Å². The third-order valence-corrected chi connectivity index (χ3v) is 5.48. The molecule has 1 aliphatic heterocycles. The molecular weight excluding hydrogens is 354 g/mol. The van der Waals surface area contributed by atoms with Gasteiger partial charge < -0.3 is 15.5 Å². The van der Waals surface area contributed by atoms with Gasteiger partial charge in [-0.2, -0.15) is 5.10 Å². The molecule has 1 aromatic heterocycles. The van der Waals surface area contributed by atoms with Gasteiger partial charge in [0, 0.05) is 50.4 Å². The van der Waals surface area contributed by atoms with Gasteiger partial charge in [0.25, 0.3) is 0 Å². The molecule has 0 bridgehead atoms. The van der Waals surface area contributed by atoms with E-state index in [0.29, 0.717) is 39.0 Å². The molecule has 3 rings (SSSR count). The molecule has 0 saturated carbocycles. The number of rotatable bonds is 6. The summed E-state index contributed by atoms with van der Waals surface area (Å²) in [6.07, 6.45) is 4.02. The van der Waals surface area contributed by atoms with Crippen LogP contribution in [-0.2, 0) is 24.8 Å². The largest absolute Gasteiger partial charge is 0.356 e. The van der Waals surface area contributed by atoms with Gasteiger partial charge >= 0.3 is 6.03 Å². The topological polar surface area (TPSA) is 79.3 Å². The fourth-order valence-electron chi connectivity index (χ4n) is 3.46. The van der Waals surface area contributed by atoms with E-state index in [-0.39, 0.29) is 17.9 Å². The van der Waals surface area contributed by atoms with E-state index in [4.69, 9.17) is 0 Å². The summed E-state index contributed by atoms with van der Waals surface area (Å²) in [6.45, 7) is 4.31. The van der Waals surface area contributed by atoms with Crippen LogP contribution < -0.4 is 10.6 Å². The van der Waals surface area contributed by atoms with Crippen molar-refractivity contribution in [3.05, 3.63) is 53.3 Å². The second-order valence-corrected chi connectivity index (χ2v) is 7.33. The molecule has 1 fully saturated rings. The lowest BCUT2D eigenvalue weighted by atomic mass is 9.96. The Morgan fingerprint density at radius 1 is 1.14 bits per heavy atom. The van der Waals surface area contributed by atoms with Gasteiger partial charge in [0.2, 0.25) is 5.91 Å². The quantitative estimate of drug-likeness (QED) is 0.801. The molecule has 1 saturated heterocycles. The predicted octanol–water partition coefficient (Wildman–Crippen LogP) is 2.01. The fraction of sp³-hybridized carbons (Fsp3) is 0.476. The number of hydrogen-bond donors (Lipinski definition) is 2. The fourth-order valence-corrected chi connectivity index (χ4v) is 3.46. The lowest BCUT2D eigenvalue weighted by molar-refractivity contribution is -0.126. The van der Waals surface area contributed by atoms with E-state index in [1.54, 1.807) is 15.8 Å². The second-order valence-electron chi connectivity index (χ2n) is 7.33. The maximum absolute atomic E-state index is 12.4. The van der Waals surface area contributed by atoms with Crippen LogP contribution in [0.2, 0.25) is 0 Å². The highest BCUT2D eigenvalue weighted by Crippen LogP contribution is 2.17. The highest BCUT2D eigenvalue weighted by molar-refractivity contribution is 5.79. The third-order valence-electron chi connectivity index (χ3n) is 5.48. The molecule has 3 amide bonds. The van der Waals surface area contributed by atoms with E-state index < -0.39 is 0 Å². The third kappa shape index (κ3) is 5.12. The van der Waals surface area contributed by atoms with Crippen molar-refractivity contribution in [3.8, 4) is 0 Å². The van der Waals surface area contributed by atoms with Crippen LogP contribution in [-0.4, -0.2) is 46.3 Å². The summed E-state index contributed by atoms with van der Waals surface area (Å²) in [7, 11) is 1.89. The van der Waals surface area contributed by atoms with Gasteiger partial charge in [-0.1, -0.05) is 30.3 Å². The van der Waals surface area contributed by atoms with Crippen LogP contribution in [0, 0.1) is 12.8 Å². The monoisotopic (exact) mass is 383 g/mol. The van der Waals surface area contributed by atoms with Crippen LogP contribution >= 0.6 is 0 Å². The van der Waals surface area contributed by atoms with Crippen LogP contribution in [0.25, 0.3) is 0 Å². The first-order valence-corrected chi connectivity index (χ1v) is 9.86. The molecule has 0 radical (unpaired) electrons. The summed E-state index contributed by atoms with van der Waals surface area (Å²) in [4.78, 5) is 26.5. The van der Waals surface area contributed by atoms with Gasteiger partial charge in [-0.3, -0.25) is 9.48 Å². The van der Waals surface area contributed by atoms with Gasteiger partial charge in [0.05, 0.1) is 6.20 Å². The number of aromatic nitrogens is 2. The molecule has 0 atom stereocenters. The number of nitrogens with one attached hydrogen (secondary N) is 2. The Labute approximate surface area is 166 Å². The van der Waals surface area contributed by atoms with Crippen LogP contribution in [0.4, 0.5) is 4.79 Å². The van der Waals surface area contributed by atoms with Gasteiger partial charge in [0.1, 0.15) is 0 Å². The molecule has 7 heteroatoms. The standard InChI is InChI=1S/C21H29N5O2/c1-16-19(15-24-25(16)2)14-23-21(28)26-12-9-18(10-13-26)20(27)22-11-8-17-6-4-3-5-7-17/h3-7,15,18H,8-14H2,1-2H3,(H,22,27)(H,23,28). The molecule has 7 nitrogen and oxygen atoms in total. The van der Waals surface area contributed by atoms with Crippen LogP contribution in [0.1, 0.15) is 29.7 Å². The Kier molecular flexibility index (Phi) is 6.68. The summed E-state index contributed by atoms with van der Waals surface area (Å²) in [5.41, 5.74) is 3.29. The zero-order valence-electron chi connectivity index (χ0n) is 16.6. The summed E-state index contributed by atoms with van der Waals surface area (Å²) in [6, 6.07) is 10.1. The van der Waals surface area contributed by atoms with E-state index in [1.807, 2.05) is 32.2 Å². The normalized spacial score (nSPS) is 14.7. The first-order valence-electron chi connectivity index (χ1n) is 9.86. The summed E-state index contributed by atoms with van der Waals surface area (Å²) < 4.78 is 1.80. The number of benzene rings is 1. The zero-order valence-corrected chi connectivity index (χ0v) is 16.6. The Balaban J connectivity index is 1.36. The van der Waals surface area contributed by atoms with Crippen LogP contribution in [0.3, 0.4) is 0 Å². The van der Waals surface area contributed by atoms with E-state index in [1.165, 1.54) is 5.56 Å². The Hall–Kier alpha value is -2.83. The van der Waals surface area contributed by atoms with Crippen molar-refractivity contribution >= 4 is 11.9 Å². The van der Waals surface area contributed by atoms with Crippen molar-refractivity contribution in [1.82, 2.24) is 25.3 Å². The highest BCUT2D eigenvalue weighted by atomic mass is 16.2. The van der Waals surface area contributed by atoms with Gasteiger partial charge in [-0.25, -0.2) is 4.79 Å². The van der Waals surface area contributed by atoms with Crippen molar-refractivity contribution in [2.45, 2.75) is 32.7 Å². The molecule has 1 aromatic carbocycles. The average Bonchev–Trinajstić information content (AvgIpc) is 3.05. The van der Waals surface area contributed by atoms with E-state index in [0.717, 1.165) is 17.7 Å². The SMILES string of the molecule is Cc1c(CNC(=O)N2CCC(C(=O)NCCc3ccccc3)CC2)cnn1C. The Morgan fingerprint density at radius 2 is 1.86 bits per heavy atom. The minimum absolute atomic E-state index is 0.0135. The molecule has 1 aliphatic rings. The van der Waals surface area contributed by atoms with E-state index in [2.05, 4.69) is 27.9 Å². The van der Waals surface area contributed by atoms with E-state index in [9.17, 15) is 9.59 Å². The van der Waals surface area contributed by atoms with Gasteiger partial charge in [0.15, 0.2) is 0 Å². The minimum atomic E-state index is -0.0776. The molecule has 2 heterocycles. The van der Waals surface area contributed by atoms with Crippen molar-refractivity contribution in [1.29, 1.82) is 0 Å². The number of hydrogen-bond acceptors (Lipinski definition) is 3. The molecular formula is C21H29N5O2. The highest BCUT2D eigenvalue weighted by Gasteiger charge is 2.27. The molecule has 28 heavy (non-hydrogen) atoms. The number of piperidine rings is 1. The van der Waals surface area contributed by atoms with Crippen LogP contribution in [0.5, 0.6) is 0 Å². The summed E-state index contributed by atoms with van der Waals surface area (Å²) in [5.74, 6) is 0.0855. The molecule has 0 spiro atoms. The summed E-state index contributed by atoms with van der Waals surface area (Å²) >= 11 is 0. The summed E-state index contributed by atoms with van der Waals surface area (Å²) in [5, 5.41) is 10.2. The number of urea groups is 1. The number of carbonyl (C=O) groups is 2. The molecule has 0 unspecified atom stereocenters. The number of likely N-dealkylation sites (tertiary alicyclic amines) is 1. The first kappa shape index (κ1) is 19.9. The van der Waals surface area contributed by atoms with E-state index >= 15 is 0 Å². The van der Waals surface area contributed by atoms with Crippen molar-refractivity contribution in [2.24, 2.45) is 13.0 Å². The van der Waals surface area contributed by atoms with Crippen molar-refractivity contribution < 1.29 is 9.59 Å². The number of amides is 3. The average molecular weight is 383 g/mol. The smallest absolute Gasteiger partial charge is 0.317 e. The minimum Gasteiger partial charge on any atom is -0.356 e. The second kappa shape index (κ2) is 9.39. The molecule has 150 valence electrons. The maximum atomic E-state index is 12.4. The lowest BCUT2D eigenvalue weighted by Gasteiger charge is -2.31. The lowest BCUT2D eigenvalue weighted by Crippen LogP contribution is -2.46. The predicted molar refractivity (Wildman–Crippen MR) is 108 cm³/mol. The number of carbonyl (C=O) groups excluding carboxylic acids is 2. The van der Waals surface area contributed by atoms with Gasteiger partial charge in [-0.15, -0.1) is 0 Å². The first-order chi connectivity index (χ1) is 13.5. The Bertz CT molecular complexity index is 794. The Morgan fingerprint density at radius 3 is 2.50 bits per heavy atom.